The van der Waals surface area contributed by atoms with Crippen molar-refractivity contribution in [1.82, 2.24) is 9.97 Å². The van der Waals surface area contributed by atoms with Gasteiger partial charge in [0.2, 0.25) is 0 Å². The molecule has 0 aliphatic rings. The first-order valence-corrected chi connectivity index (χ1v) is 13.4. The Kier molecular flexibility index (Phi) is 6.90. The molecule has 2 aromatic heterocycles. The van der Waals surface area contributed by atoms with Crippen LogP contribution in [0, 0.1) is 0 Å². The number of rotatable bonds is 8. The summed E-state index contributed by atoms with van der Waals surface area (Å²) in [5.41, 5.74) is 5.50. The number of nitrogens with zero attached hydrogens (tertiary/aromatic N) is 2. The molecular formula is C31H26Cl2N4O2. The van der Waals surface area contributed by atoms with Crippen molar-refractivity contribution in [3.8, 4) is 11.5 Å². The van der Waals surface area contributed by atoms with E-state index in [1.807, 2.05) is 72.8 Å². The highest BCUT2D eigenvalue weighted by Crippen LogP contribution is 2.36. The zero-order valence-corrected chi connectivity index (χ0v) is 23.0. The standard InChI is InChI=1S/C31H26Cl2N4O2/c1-38-20-6-10-26-24(16-20)30(22-8-4-18(32)14-28(22)36-26)34-12-3-13-35-31-23-9-5-19(33)15-29(23)37-27-11-7-21(39-2)17-25(27)31/h4-11,14-17H,3,12-13H2,1-2H3,(H,34,36)(H,35,37). The molecule has 0 amide bonds. The van der Waals surface area contributed by atoms with Crippen LogP contribution in [0.2, 0.25) is 10.0 Å². The summed E-state index contributed by atoms with van der Waals surface area (Å²) in [4.78, 5) is 9.64. The summed E-state index contributed by atoms with van der Waals surface area (Å²) < 4.78 is 11.0. The average molecular weight is 557 g/mol. The quantitative estimate of drug-likeness (QED) is 0.145. The van der Waals surface area contributed by atoms with Crippen LogP contribution in [0.3, 0.4) is 0 Å². The van der Waals surface area contributed by atoms with Crippen LogP contribution < -0.4 is 20.1 Å². The predicted octanol–water partition coefficient (Wildman–Crippen LogP) is 8.33. The molecule has 0 radical (unpaired) electrons. The molecule has 196 valence electrons. The molecule has 0 bridgehead atoms. The number of nitrogens with one attached hydrogen (secondary N) is 2. The average Bonchev–Trinajstić information content (AvgIpc) is 2.95. The van der Waals surface area contributed by atoms with Crippen LogP contribution >= 0.6 is 23.2 Å². The van der Waals surface area contributed by atoms with Gasteiger partial charge in [-0.1, -0.05) is 23.2 Å². The number of aromatic nitrogens is 2. The van der Waals surface area contributed by atoms with Crippen molar-refractivity contribution in [3.05, 3.63) is 82.8 Å². The van der Waals surface area contributed by atoms with E-state index in [-0.39, 0.29) is 0 Å². The monoisotopic (exact) mass is 556 g/mol. The zero-order valence-electron chi connectivity index (χ0n) is 21.5. The Morgan fingerprint density at radius 2 is 1.03 bits per heavy atom. The number of fused-ring (bicyclic) bond motifs is 4. The van der Waals surface area contributed by atoms with E-state index in [1.165, 1.54) is 0 Å². The van der Waals surface area contributed by atoms with E-state index >= 15 is 0 Å². The van der Waals surface area contributed by atoms with E-state index in [0.29, 0.717) is 10.0 Å². The summed E-state index contributed by atoms with van der Waals surface area (Å²) >= 11 is 12.6. The zero-order chi connectivity index (χ0) is 26.9. The molecule has 0 saturated carbocycles. The molecule has 4 aromatic carbocycles. The Morgan fingerprint density at radius 1 is 0.564 bits per heavy atom. The molecule has 0 unspecified atom stereocenters. The molecule has 0 aliphatic heterocycles. The lowest BCUT2D eigenvalue weighted by molar-refractivity contribution is 0.415. The van der Waals surface area contributed by atoms with Crippen LogP contribution in [0.15, 0.2) is 72.8 Å². The molecule has 6 rings (SSSR count). The minimum absolute atomic E-state index is 0.660. The molecule has 0 saturated heterocycles. The van der Waals surface area contributed by atoms with Crippen LogP contribution in [0.1, 0.15) is 6.42 Å². The van der Waals surface area contributed by atoms with Gasteiger partial charge in [-0.3, -0.25) is 0 Å². The molecule has 6 aromatic rings. The van der Waals surface area contributed by atoms with Crippen molar-refractivity contribution < 1.29 is 9.47 Å². The minimum Gasteiger partial charge on any atom is -0.497 e. The van der Waals surface area contributed by atoms with Crippen molar-refractivity contribution in [2.45, 2.75) is 6.42 Å². The molecule has 39 heavy (non-hydrogen) atoms. The van der Waals surface area contributed by atoms with E-state index in [4.69, 9.17) is 42.6 Å². The highest BCUT2D eigenvalue weighted by atomic mass is 35.5. The fraction of sp³-hybridized carbons (Fsp3) is 0.161. The topological polar surface area (TPSA) is 68.3 Å². The van der Waals surface area contributed by atoms with Gasteiger partial charge in [0.25, 0.3) is 0 Å². The number of pyridine rings is 2. The summed E-state index contributed by atoms with van der Waals surface area (Å²) in [5, 5.41) is 12.7. The lowest BCUT2D eigenvalue weighted by Crippen LogP contribution is -2.10. The lowest BCUT2D eigenvalue weighted by Gasteiger charge is -2.16. The van der Waals surface area contributed by atoms with Crippen LogP contribution in [0.25, 0.3) is 43.6 Å². The number of hydrogen-bond acceptors (Lipinski definition) is 6. The second-order valence-electron chi connectivity index (χ2n) is 9.27. The fourth-order valence-electron chi connectivity index (χ4n) is 4.94. The Bertz CT molecular complexity index is 1720. The second-order valence-corrected chi connectivity index (χ2v) is 10.1. The third-order valence-corrected chi connectivity index (χ3v) is 7.31. The Morgan fingerprint density at radius 3 is 1.46 bits per heavy atom. The van der Waals surface area contributed by atoms with E-state index in [2.05, 4.69) is 10.6 Å². The van der Waals surface area contributed by atoms with Gasteiger partial charge in [-0.2, -0.15) is 0 Å². The van der Waals surface area contributed by atoms with Crippen LogP contribution in [-0.4, -0.2) is 37.3 Å². The van der Waals surface area contributed by atoms with Crippen molar-refractivity contribution in [3.63, 3.8) is 0 Å². The number of methoxy groups -OCH3 is 2. The first-order chi connectivity index (χ1) is 19.0. The number of benzene rings is 4. The van der Waals surface area contributed by atoms with Gasteiger partial charge >= 0.3 is 0 Å². The highest BCUT2D eigenvalue weighted by molar-refractivity contribution is 6.32. The Hall–Kier alpha value is -4.00. The van der Waals surface area contributed by atoms with Crippen molar-refractivity contribution in [1.29, 1.82) is 0 Å². The van der Waals surface area contributed by atoms with Gasteiger partial charge in [-0.25, -0.2) is 9.97 Å². The van der Waals surface area contributed by atoms with E-state index < -0.39 is 0 Å². The fourth-order valence-corrected chi connectivity index (χ4v) is 5.28. The van der Waals surface area contributed by atoms with Gasteiger partial charge in [0.15, 0.2) is 0 Å². The third kappa shape index (κ3) is 4.93. The SMILES string of the molecule is COc1ccc2nc3cc(Cl)ccc3c(NCCCNc3c4ccc(Cl)cc4nc4ccc(OC)cc34)c2c1. The highest BCUT2D eigenvalue weighted by Gasteiger charge is 2.13. The summed E-state index contributed by atoms with van der Waals surface area (Å²) in [6.45, 7) is 1.49. The number of halogens is 2. The molecule has 0 spiro atoms. The van der Waals surface area contributed by atoms with Gasteiger partial charge in [-0.05, 0) is 79.2 Å². The molecule has 0 aliphatic carbocycles. The van der Waals surface area contributed by atoms with E-state index in [0.717, 1.165) is 86.0 Å². The molecule has 0 atom stereocenters. The second kappa shape index (κ2) is 10.6. The third-order valence-electron chi connectivity index (χ3n) is 6.84. The first kappa shape index (κ1) is 25.3. The van der Waals surface area contributed by atoms with Gasteiger partial charge in [0, 0.05) is 44.7 Å². The smallest absolute Gasteiger partial charge is 0.119 e. The molecular weight excluding hydrogens is 531 g/mol. The predicted molar refractivity (Wildman–Crippen MR) is 163 cm³/mol. The molecule has 6 nitrogen and oxygen atoms in total. The van der Waals surface area contributed by atoms with Gasteiger partial charge in [0.1, 0.15) is 11.5 Å². The van der Waals surface area contributed by atoms with Gasteiger partial charge in [0.05, 0.1) is 47.7 Å². The maximum atomic E-state index is 6.28. The first-order valence-electron chi connectivity index (χ1n) is 12.7. The van der Waals surface area contributed by atoms with Crippen molar-refractivity contribution in [2.75, 3.05) is 37.9 Å². The minimum atomic E-state index is 0.660. The summed E-state index contributed by atoms with van der Waals surface area (Å²) in [5.74, 6) is 1.57. The number of ether oxygens (including phenoxy) is 2. The maximum Gasteiger partial charge on any atom is 0.119 e. The van der Waals surface area contributed by atoms with Crippen LogP contribution in [0.4, 0.5) is 11.4 Å². The number of hydrogen-bond donors (Lipinski definition) is 2. The van der Waals surface area contributed by atoms with Crippen LogP contribution in [0.5, 0.6) is 11.5 Å². The summed E-state index contributed by atoms with van der Waals surface area (Å²) in [6, 6.07) is 23.4. The largest absolute Gasteiger partial charge is 0.497 e. The van der Waals surface area contributed by atoms with Gasteiger partial charge in [-0.15, -0.1) is 0 Å². The lowest BCUT2D eigenvalue weighted by atomic mass is 10.1. The van der Waals surface area contributed by atoms with Gasteiger partial charge < -0.3 is 20.1 Å². The molecule has 0 fully saturated rings. The Labute approximate surface area is 235 Å². The van der Waals surface area contributed by atoms with E-state index in [1.54, 1.807) is 14.2 Å². The van der Waals surface area contributed by atoms with Crippen molar-refractivity contribution >= 4 is 78.2 Å². The van der Waals surface area contributed by atoms with Crippen LogP contribution in [-0.2, 0) is 0 Å². The maximum absolute atomic E-state index is 6.28. The molecule has 2 heterocycles. The van der Waals surface area contributed by atoms with Crippen molar-refractivity contribution in [2.24, 2.45) is 0 Å². The molecule has 8 heteroatoms. The normalized spacial score (nSPS) is 11.4. The summed E-state index contributed by atoms with van der Waals surface area (Å²) in [6.07, 6.45) is 0.867. The summed E-state index contributed by atoms with van der Waals surface area (Å²) in [7, 11) is 3.34. The Balaban J connectivity index is 1.28. The number of anilines is 2. The van der Waals surface area contributed by atoms with E-state index in [9.17, 15) is 0 Å². The molecule has 2 N–H and O–H groups in total.